The van der Waals surface area contributed by atoms with E-state index in [1.54, 1.807) is 42.5 Å². The highest BCUT2D eigenvalue weighted by atomic mass is 79.9. The van der Waals surface area contributed by atoms with Crippen LogP contribution in [0.3, 0.4) is 0 Å². The number of nitrogens with zero attached hydrogens (tertiary/aromatic N) is 4. The Kier molecular flexibility index (Phi) is 3.84. The fourth-order valence-corrected chi connectivity index (χ4v) is 3.18. The number of hydrogen-bond acceptors (Lipinski definition) is 3. The molecule has 2 aromatic heterocycles. The summed E-state index contributed by atoms with van der Waals surface area (Å²) in [5.74, 6) is 0.106. The van der Waals surface area contributed by atoms with Crippen LogP contribution in [0.2, 0.25) is 0 Å². The average Bonchev–Trinajstić information content (AvgIpc) is 2.96. The first-order valence-electron chi connectivity index (χ1n) is 7.43. The molecule has 0 saturated carbocycles. The minimum Gasteiger partial charge on any atom is -0.291 e. The predicted molar refractivity (Wildman–Crippen MR) is 93.8 cm³/mol. The Bertz CT molecular complexity index is 1150. The van der Waals surface area contributed by atoms with Gasteiger partial charge in [0.1, 0.15) is 5.82 Å². The largest absolute Gasteiger partial charge is 0.320 e. The summed E-state index contributed by atoms with van der Waals surface area (Å²) in [6, 6.07) is 11.8. The zero-order valence-electron chi connectivity index (χ0n) is 12.7. The van der Waals surface area contributed by atoms with Crippen LogP contribution in [0.4, 0.5) is 8.78 Å². The Balaban J connectivity index is 1.87. The van der Waals surface area contributed by atoms with Gasteiger partial charge in [0.15, 0.2) is 0 Å². The molecule has 0 fully saturated rings. The van der Waals surface area contributed by atoms with Crippen molar-refractivity contribution in [3.8, 4) is 0 Å². The van der Waals surface area contributed by atoms with Gasteiger partial charge < -0.3 is 0 Å². The first kappa shape index (κ1) is 15.9. The highest BCUT2D eigenvalue weighted by molar-refractivity contribution is 9.10. The second-order valence-electron chi connectivity index (χ2n) is 5.50. The zero-order chi connectivity index (χ0) is 17.6. The van der Waals surface area contributed by atoms with Crippen molar-refractivity contribution in [2.24, 2.45) is 0 Å². The smallest absolute Gasteiger partial charge is 0.291 e. The molecule has 0 atom stereocenters. The zero-order valence-corrected chi connectivity index (χ0v) is 14.3. The van der Waals surface area contributed by atoms with Gasteiger partial charge in [0.05, 0.1) is 34.8 Å². The molecule has 2 aromatic carbocycles. The highest BCUT2D eigenvalue weighted by Gasteiger charge is 2.18. The Hall–Kier alpha value is -2.61. The second-order valence-corrected chi connectivity index (χ2v) is 6.42. The monoisotopic (exact) mass is 404 g/mol. The number of imidazole rings is 1. The Labute approximate surface area is 148 Å². The molecular formula is C17H11BrF2N4O. The van der Waals surface area contributed by atoms with Gasteiger partial charge in [0.25, 0.3) is 5.56 Å². The summed E-state index contributed by atoms with van der Waals surface area (Å²) in [6.07, 6.45) is 1.35. The van der Waals surface area contributed by atoms with Gasteiger partial charge in [0.2, 0.25) is 0 Å². The Morgan fingerprint density at radius 1 is 1.12 bits per heavy atom. The molecule has 0 N–H and O–H groups in total. The number of fused-ring (bicyclic) bond motifs is 2. The molecule has 0 radical (unpaired) electrons. The molecule has 0 saturated heterocycles. The third-order valence-electron chi connectivity index (χ3n) is 3.96. The summed E-state index contributed by atoms with van der Waals surface area (Å²) in [5, 5.41) is 0.414. The first-order valence-corrected chi connectivity index (χ1v) is 8.22. The van der Waals surface area contributed by atoms with E-state index in [4.69, 9.17) is 0 Å². The fraction of sp³-hybridized carbons (Fsp3) is 0.118. The van der Waals surface area contributed by atoms with E-state index in [9.17, 15) is 13.6 Å². The van der Waals surface area contributed by atoms with E-state index in [0.717, 1.165) is 9.04 Å². The van der Waals surface area contributed by atoms with Gasteiger partial charge in [-0.25, -0.2) is 9.97 Å². The number of benzene rings is 2. The predicted octanol–water partition coefficient (Wildman–Crippen LogP) is 3.95. The van der Waals surface area contributed by atoms with E-state index in [2.05, 4.69) is 25.9 Å². The van der Waals surface area contributed by atoms with Crippen LogP contribution in [-0.4, -0.2) is 19.1 Å². The molecule has 5 nitrogen and oxygen atoms in total. The maximum atomic E-state index is 13.5. The van der Waals surface area contributed by atoms with Gasteiger partial charge in [-0.1, -0.05) is 28.1 Å². The fourth-order valence-electron chi connectivity index (χ4n) is 2.82. The molecule has 0 aliphatic carbocycles. The average molecular weight is 405 g/mol. The lowest BCUT2D eigenvalue weighted by atomic mass is 10.2. The number of hydrogen-bond donors (Lipinski definition) is 0. The van der Waals surface area contributed by atoms with Crippen LogP contribution >= 0.6 is 15.9 Å². The van der Waals surface area contributed by atoms with E-state index in [1.165, 1.54) is 10.9 Å². The summed E-state index contributed by atoms with van der Waals surface area (Å²) >= 11 is 3.32. The lowest BCUT2D eigenvalue weighted by Gasteiger charge is -2.10. The molecule has 0 bridgehead atoms. The first-order chi connectivity index (χ1) is 12.0. The summed E-state index contributed by atoms with van der Waals surface area (Å²) in [5.41, 5.74) is 1.03. The summed E-state index contributed by atoms with van der Waals surface area (Å²) in [6.45, 7) is -2.84. The van der Waals surface area contributed by atoms with E-state index >= 15 is 0 Å². The highest BCUT2D eigenvalue weighted by Crippen LogP contribution is 2.23. The minimum atomic E-state index is -2.75. The summed E-state index contributed by atoms with van der Waals surface area (Å²) in [4.78, 5) is 21.1. The lowest BCUT2D eigenvalue weighted by Crippen LogP contribution is -2.23. The van der Waals surface area contributed by atoms with Gasteiger partial charge >= 0.3 is 6.55 Å². The van der Waals surface area contributed by atoms with Crippen molar-refractivity contribution >= 4 is 37.9 Å². The van der Waals surface area contributed by atoms with Crippen molar-refractivity contribution in [1.82, 2.24) is 19.1 Å². The van der Waals surface area contributed by atoms with Gasteiger partial charge in [-0.05, 0) is 30.3 Å². The molecule has 4 rings (SSSR count). The van der Waals surface area contributed by atoms with Crippen molar-refractivity contribution in [3.63, 3.8) is 0 Å². The topological polar surface area (TPSA) is 52.7 Å². The number of halogens is 3. The molecule has 0 aliphatic rings. The van der Waals surface area contributed by atoms with Crippen LogP contribution in [-0.2, 0) is 6.54 Å². The van der Waals surface area contributed by atoms with Gasteiger partial charge in [-0.15, -0.1) is 0 Å². The van der Waals surface area contributed by atoms with Crippen molar-refractivity contribution in [1.29, 1.82) is 0 Å². The molecule has 0 unspecified atom stereocenters. The Morgan fingerprint density at radius 3 is 2.72 bits per heavy atom. The van der Waals surface area contributed by atoms with Crippen LogP contribution in [0.15, 0.2) is 58.1 Å². The number of para-hydroxylation sites is 2. The lowest BCUT2D eigenvalue weighted by molar-refractivity contribution is 0.0711. The van der Waals surface area contributed by atoms with E-state index in [0.29, 0.717) is 21.9 Å². The summed E-state index contributed by atoms with van der Waals surface area (Å²) < 4.78 is 29.9. The van der Waals surface area contributed by atoms with E-state index in [1.807, 2.05) is 0 Å². The molecular weight excluding hydrogens is 394 g/mol. The SMILES string of the molecule is O=c1c2cc(Br)ccc2ncn1Cc1nc2ccccc2n1C(F)F. The molecule has 4 aromatic rings. The normalized spacial score (nSPS) is 11.7. The number of aromatic nitrogens is 4. The molecule has 2 heterocycles. The summed E-state index contributed by atoms with van der Waals surface area (Å²) in [7, 11) is 0. The van der Waals surface area contributed by atoms with Gasteiger partial charge in [0, 0.05) is 4.47 Å². The maximum Gasteiger partial charge on any atom is 0.320 e. The molecule has 0 spiro atoms. The number of alkyl halides is 2. The van der Waals surface area contributed by atoms with Crippen LogP contribution in [0.25, 0.3) is 21.9 Å². The molecule has 25 heavy (non-hydrogen) atoms. The third-order valence-corrected chi connectivity index (χ3v) is 4.46. The second kappa shape index (κ2) is 6.03. The van der Waals surface area contributed by atoms with Crippen LogP contribution in [0, 0.1) is 0 Å². The minimum absolute atomic E-state index is 0.0900. The number of rotatable bonds is 3. The van der Waals surface area contributed by atoms with Crippen LogP contribution in [0.5, 0.6) is 0 Å². The van der Waals surface area contributed by atoms with Crippen molar-refractivity contribution in [2.75, 3.05) is 0 Å². The van der Waals surface area contributed by atoms with Gasteiger partial charge in [-0.3, -0.25) is 13.9 Å². The Morgan fingerprint density at radius 2 is 1.92 bits per heavy atom. The van der Waals surface area contributed by atoms with Crippen molar-refractivity contribution in [3.05, 3.63) is 69.4 Å². The quantitative estimate of drug-likeness (QED) is 0.519. The van der Waals surface area contributed by atoms with Crippen molar-refractivity contribution < 1.29 is 8.78 Å². The standard InChI is InChI=1S/C17H11BrF2N4O/c18-10-5-6-12-11(7-10)16(25)23(9-21-12)8-15-22-13-3-1-2-4-14(13)24(15)17(19)20/h1-7,9,17H,8H2. The molecule has 0 amide bonds. The van der Waals surface area contributed by atoms with E-state index < -0.39 is 6.55 Å². The van der Waals surface area contributed by atoms with E-state index in [-0.39, 0.29) is 17.9 Å². The third kappa shape index (κ3) is 2.72. The van der Waals surface area contributed by atoms with Crippen LogP contribution < -0.4 is 5.56 Å². The molecule has 0 aliphatic heterocycles. The molecule has 126 valence electrons. The van der Waals surface area contributed by atoms with Crippen LogP contribution in [0.1, 0.15) is 12.4 Å². The maximum absolute atomic E-state index is 13.5. The molecule has 8 heteroatoms. The van der Waals surface area contributed by atoms with Gasteiger partial charge in [-0.2, -0.15) is 8.78 Å². The van der Waals surface area contributed by atoms with Crippen molar-refractivity contribution in [2.45, 2.75) is 13.1 Å².